The number of hydrogen-bond acceptors (Lipinski definition) is 7. The van der Waals surface area contributed by atoms with Crippen LogP contribution >= 0.6 is 0 Å². The predicted octanol–water partition coefficient (Wildman–Crippen LogP) is 1.19. The van der Waals surface area contributed by atoms with Gasteiger partial charge in [0.15, 0.2) is 0 Å². The van der Waals surface area contributed by atoms with Crippen LogP contribution < -0.4 is 15.5 Å². The molecule has 7 heteroatoms. The smallest absolute Gasteiger partial charge is 0.236 e. The van der Waals surface area contributed by atoms with Gasteiger partial charge in [-0.25, -0.2) is 0 Å². The molecule has 0 aromatic carbocycles. The fourth-order valence-electron chi connectivity index (χ4n) is 1.52. The second-order valence-corrected chi connectivity index (χ2v) is 4.19. The quantitative estimate of drug-likeness (QED) is 0.873. The molecule has 0 aliphatic heterocycles. The summed E-state index contributed by atoms with van der Waals surface area (Å²) in [5.41, 5.74) is 7.58. The fraction of sp³-hybridized carbons (Fsp3) is 0.364. The van der Waals surface area contributed by atoms with E-state index >= 15 is 0 Å². The van der Waals surface area contributed by atoms with Crippen LogP contribution in [0.2, 0.25) is 0 Å². The number of aromatic nitrogens is 3. The predicted molar refractivity (Wildman–Crippen MR) is 70.1 cm³/mol. The molecule has 0 unspecified atom stereocenters. The molecule has 0 aliphatic rings. The summed E-state index contributed by atoms with van der Waals surface area (Å²) in [7, 11) is 5.55. The van der Waals surface area contributed by atoms with Gasteiger partial charge in [0.1, 0.15) is 6.26 Å². The minimum atomic E-state index is 0.191. The summed E-state index contributed by atoms with van der Waals surface area (Å²) in [6.45, 7) is 1.95. The molecule has 0 amide bonds. The van der Waals surface area contributed by atoms with E-state index in [-0.39, 0.29) is 5.95 Å². The number of nitrogens with zero attached hydrogens (tertiary/aromatic N) is 5. The highest BCUT2D eigenvalue weighted by Gasteiger charge is 2.14. The molecule has 2 rings (SSSR count). The molecule has 18 heavy (non-hydrogen) atoms. The van der Waals surface area contributed by atoms with Gasteiger partial charge in [0.25, 0.3) is 0 Å². The Balaban J connectivity index is 2.42. The average Bonchev–Trinajstić information content (AvgIpc) is 2.73. The number of anilines is 4. The Morgan fingerprint density at radius 1 is 1.06 bits per heavy atom. The van der Waals surface area contributed by atoms with E-state index in [9.17, 15) is 0 Å². The van der Waals surface area contributed by atoms with Crippen molar-refractivity contribution < 1.29 is 4.42 Å². The lowest BCUT2D eigenvalue weighted by molar-refractivity contribution is 0.565. The van der Waals surface area contributed by atoms with Crippen molar-refractivity contribution in [3.63, 3.8) is 0 Å². The Bertz CT molecular complexity index is 550. The van der Waals surface area contributed by atoms with Crippen LogP contribution in [0.25, 0.3) is 0 Å². The van der Waals surface area contributed by atoms with Crippen LogP contribution in [0, 0.1) is 6.92 Å². The molecule has 0 atom stereocenters. The van der Waals surface area contributed by atoms with E-state index in [1.807, 2.05) is 33.0 Å². The van der Waals surface area contributed by atoms with E-state index in [0.29, 0.717) is 11.9 Å². The van der Waals surface area contributed by atoms with Crippen molar-refractivity contribution in [3.8, 4) is 0 Å². The molecule has 0 saturated heterocycles. The molecule has 0 aliphatic carbocycles. The minimum Gasteiger partial charge on any atom is -0.470 e. The van der Waals surface area contributed by atoms with E-state index < -0.39 is 0 Å². The number of nitrogen functional groups attached to an aromatic ring is 1. The Morgan fingerprint density at radius 3 is 2.28 bits per heavy atom. The highest BCUT2D eigenvalue weighted by Crippen LogP contribution is 2.25. The lowest BCUT2D eigenvalue weighted by Gasteiger charge is -2.18. The Hall–Kier alpha value is -2.31. The maximum Gasteiger partial charge on any atom is 0.236 e. The Kier molecular flexibility index (Phi) is 3.05. The molecular weight excluding hydrogens is 232 g/mol. The highest BCUT2D eigenvalue weighted by atomic mass is 16.3. The SMILES string of the molecule is Cc1cocc1N(C)c1nc(N)nc(N(C)C)n1. The number of aryl methyl sites for hydroxylation is 1. The van der Waals surface area contributed by atoms with Crippen molar-refractivity contribution in [2.75, 3.05) is 36.7 Å². The molecule has 2 aromatic heterocycles. The summed E-state index contributed by atoms with van der Waals surface area (Å²) < 4.78 is 5.14. The van der Waals surface area contributed by atoms with E-state index in [1.54, 1.807) is 17.4 Å². The molecular formula is C11H16N6O. The van der Waals surface area contributed by atoms with Crippen LogP contribution in [-0.4, -0.2) is 36.1 Å². The molecule has 0 bridgehead atoms. The molecule has 96 valence electrons. The molecule has 0 fully saturated rings. The standard InChI is InChI=1S/C11H16N6O/c1-7-5-18-6-8(7)17(4)11-14-9(12)13-10(15-11)16(2)3/h5-6H,1-4H3,(H2,12,13,14,15). The van der Waals surface area contributed by atoms with Crippen LogP contribution in [0.1, 0.15) is 5.56 Å². The first-order valence-corrected chi connectivity index (χ1v) is 5.44. The second-order valence-electron chi connectivity index (χ2n) is 4.19. The van der Waals surface area contributed by atoms with E-state index in [0.717, 1.165) is 11.3 Å². The first-order valence-electron chi connectivity index (χ1n) is 5.44. The molecule has 2 aromatic rings. The van der Waals surface area contributed by atoms with Gasteiger partial charge in [-0.1, -0.05) is 0 Å². The Morgan fingerprint density at radius 2 is 1.72 bits per heavy atom. The van der Waals surface area contributed by atoms with E-state index in [4.69, 9.17) is 10.2 Å². The summed E-state index contributed by atoms with van der Waals surface area (Å²) >= 11 is 0. The third-order valence-electron chi connectivity index (χ3n) is 2.52. The third kappa shape index (κ3) is 2.20. The van der Waals surface area contributed by atoms with Crippen molar-refractivity contribution in [2.24, 2.45) is 0 Å². The summed E-state index contributed by atoms with van der Waals surface area (Å²) in [6, 6.07) is 0. The normalized spacial score (nSPS) is 10.4. The highest BCUT2D eigenvalue weighted by molar-refractivity contribution is 5.60. The summed E-state index contributed by atoms with van der Waals surface area (Å²) in [5.74, 6) is 1.19. The first-order chi connectivity index (χ1) is 8.49. The summed E-state index contributed by atoms with van der Waals surface area (Å²) in [4.78, 5) is 16.1. The monoisotopic (exact) mass is 248 g/mol. The zero-order valence-corrected chi connectivity index (χ0v) is 10.9. The summed E-state index contributed by atoms with van der Waals surface area (Å²) in [5, 5.41) is 0. The molecule has 7 nitrogen and oxygen atoms in total. The fourth-order valence-corrected chi connectivity index (χ4v) is 1.52. The topological polar surface area (TPSA) is 84.3 Å². The van der Waals surface area contributed by atoms with Gasteiger partial charge in [-0.05, 0) is 6.92 Å². The molecule has 2 N–H and O–H groups in total. The van der Waals surface area contributed by atoms with Gasteiger partial charge in [-0.3, -0.25) is 0 Å². The largest absolute Gasteiger partial charge is 0.470 e. The van der Waals surface area contributed by atoms with Gasteiger partial charge in [-0.2, -0.15) is 15.0 Å². The zero-order chi connectivity index (χ0) is 13.3. The average molecular weight is 248 g/mol. The van der Waals surface area contributed by atoms with Crippen LogP contribution in [0.4, 0.5) is 23.5 Å². The van der Waals surface area contributed by atoms with Crippen molar-refractivity contribution >= 4 is 23.5 Å². The van der Waals surface area contributed by atoms with Crippen LogP contribution in [0.5, 0.6) is 0 Å². The first kappa shape index (κ1) is 12.2. The number of nitrogens with two attached hydrogens (primary N) is 1. The van der Waals surface area contributed by atoms with Crippen molar-refractivity contribution in [2.45, 2.75) is 6.92 Å². The molecule has 0 spiro atoms. The van der Waals surface area contributed by atoms with Crippen molar-refractivity contribution in [3.05, 3.63) is 18.1 Å². The van der Waals surface area contributed by atoms with Gasteiger partial charge in [0.05, 0.1) is 12.0 Å². The van der Waals surface area contributed by atoms with Crippen molar-refractivity contribution in [1.82, 2.24) is 15.0 Å². The van der Waals surface area contributed by atoms with E-state index in [1.165, 1.54) is 0 Å². The number of hydrogen-bond donors (Lipinski definition) is 1. The minimum absolute atomic E-state index is 0.191. The molecule has 0 radical (unpaired) electrons. The second kappa shape index (κ2) is 4.52. The van der Waals surface area contributed by atoms with Crippen LogP contribution in [0.3, 0.4) is 0 Å². The molecule has 2 heterocycles. The zero-order valence-electron chi connectivity index (χ0n) is 10.9. The van der Waals surface area contributed by atoms with Crippen molar-refractivity contribution in [1.29, 1.82) is 0 Å². The van der Waals surface area contributed by atoms with Gasteiger partial charge in [-0.15, -0.1) is 0 Å². The lowest BCUT2D eigenvalue weighted by atomic mass is 10.3. The molecule has 0 saturated carbocycles. The Labute approximate surface area is 105 Å². The summed E-state index contributed by atoms with van der Waals surface area (Å²) in [6.07, 6.45) is 3.31. The van der Waals surface area contributed by atoms with Gasteiger partial charge < -0.3 is 20.0 Å². The maximum absolute atomic E-state index is 5.69. The van der Waals surface area contributed by atoms with Gasteiger partial charge in [0.2, 0.25) is 17.8 Å². The lowest BCUT2D eigenvalue weighted by Crippen LogP contribution is -2.19. The van der Waals surface area contributed by atoms with E-state index in [2.05, 4.69) is 15.0 Å². The van der Waals surface area contributed by atoms with Crippen LogP contribution in [0.15, 0.2) is 16.9 Å². The number of rotatable bonds is 3. The maximum atomic E-state index is 5.69. The van der Waals surface area contributed by atoms with Crippen LogP contribution in [-0.2, 0) is 0 Å². The number of furan rings is 1. The van der Waals surface area contributed by atoms with Gasteiger partial charge in [0, 0.05) is 26.7 Å². The third-order valence-corrected chi connectivity index (χ3v) is 2.52. The van der Waals surface area contributed by atoms with Gasteiger partial charge >= 0.3 is 0 Å².